The van der Waals surface area contributed by atoms with E-state index in [9.17, 15) is 4.79 Å². The molecule has 0 bridgehead atoms. The SMILES string of the molecule is O=c1[nH]c2ccc(Cl)cc2c(-c2ccccc2)c1C1=NN[C@H](c2ccc(Br)cc2)C1. The van der Waals surface area contributed by atoms with Crippen LogP contribution >= 0.6 is 27.5 Å². The lowest BCUT2D eigenvalue weighted by Gasteiger charge is -2.14. The van der Waals surface area contributed by atoms with Gasteiger partial charge in [-0.15, -0.1) is 0 Å². The molecule has 0 unspecified atom stereocenters. The Morgan fingerprint density at radius 2 is 1.73 bits per heavy atom. The minimum absolute atomic E-state index is 0.0196. The standard InChI is InChI=1S/C24H17BrClN3O/c25-16-8-6-14(7-9-16)20-13-21(29-28-20)23-22(15-4-2-1-3-5-15)18-12-17(26)10-11-19(18)27-24(23)30/h1-12,20,28H,13H2,(H,27,30)/t20-/m0/s1. The molecule has 0 spiro atoms. The van der Waals surface area contributed by atoms with Crippen molar-refractivity contribution < 1.29 is 0 Å². The third-order valence-corrected chi connectivity index (χ3v) is 6.12. The van der Waals surface area contributed by atoms with Gasteiger partial charge in [0.15, 0.2) is 0 Å². The molecule has 6 heteroatoms. The molecule has 3 aromatic carbocycles. The fourth-order valence-electron chi connectivity index (χ4n) is 3.93. The van der Waals surface area contributed by atoms with Crippen molar-refractivity contribution in [3.05, 3.63) is 104 Å². The highest BCUT2D eigenvalue weighted by molar-refractivity contribution is 9.10. The van der Waals surface area contributed by atoms with E-state index in [4.69, 9.17) is 11.6 Å². The van der Waals surface area contributed by atoms with Crippen molar-refractivity contribution in [2.24, 2.45) is 5.10 Å². The van der Waals surface area contributed by atoms with Crippen LogP contribution in [-0.2, 0) is 0 Å². The van der Waals surface area contributed by atoms with Crippen molar-refractivity contribution in [1.29, 1.82) is 0 Å². The van der Waals surface area contributed by atoms with Gasteiger partial charge in [-0.05, 0) is 41.5 Å². The number of hydrazone groups is 1. The van der Waals surface area contributed by atoms with Gasteiger partial charge in [0.05, 0.1) is 17.3 Å². The van der Waals surface area contributed by atoms with Gasteiger partial charge in [0.1, 0.15) is 0 Å². The Kier molecular flexibility index (Phi) is 4.93. The molecule has 0 radical (unpaired) electrons. The first kappa shape index (κ1) is 19.1. The van der Waals surface area contributed by atoms with E-state index in [1.807, 2.05) is 54.6 Å². The maximum atomic E-state index is 13.2. The number of halogens is 2. The van der Waals surface area contributed by atoms with Crippen LogP contribution < -0.4 is 11.0 Å². The van der Waals surface area contributed by atoms with E-state index in [0.717, 1.165) is 37.8 Å². The molecule has 1 aliphatic rings. The minimum atomic E-state index is -0.152. The first-order chi connectivity index (χ1) is 14.6. The second-order valence-corrected chi connectivity index (χ2v) is 8.61. The van der Waals surface area contributed by atoms with Gasteiger partial charge >= 0.3 is 0 Å². The van der Waals surface area contributed by atoms with Crippen LogP contribution in [0.3, 0.4) is 0 Å². The summed E-state index contributed by atoms with van der Waals surface area (Å²) in [6.07, 6.45) is 0.622. The molecule has 148 valence electrons. The topological polar surface area (TPSA) is 57.2 Å². The molecule has 1 aromatic heterocycles. The van der Waals surface area contributed by atoms with Gasteiger partial charge in [-0.1, -0.05) is 70.0 Å². The number of pyridine rings is 1. The second-order valence-electron chi connectivity index (χ2n) is 7.26. The molecule has 1 aliphatic heterocycles. The lowest BCUT2D eigenvalue weighted by molar-refractivity contribution is 0.620. The highest BCUT2D eigenvalue weighted by Gasteiger charge is 2.26. The molecule has 0 fully saturated rings. The smallest absolute Gasteiger partial charge is 0.258 e. The Morgan fingerprint density at radius 3 is 2.50 bits per heavy atom. The molecule has 4 nitrogen and oxygen atoms in total. The Morgan fingerprint density at radius 1 is 0.967 bits per heavy atom. The zero-order valence-corrected chi connectivity index (χ0v) is 18.2. The average Bonchev–Trinajstić information content (AvgIpc) is 3.24. The fraction of sp³-hybridized carbons (Fsp3) is 0.0833. The van der Waals surface area contributed by atoms with E-state index < -0.39 is 0 Å². The van der Waals surface area contributed by atoms with Crippen molar-refractivity contribution in [1.82, 2.24) is 10.4 Å². The van der Waals surface area contributed by atoms with Gasteiger partial charge in [-0.3, -0.25) is 4.79 Å². The number of fused-ring (bicyclic) bond motifs is 1. The van der Waals surface area contributed by atoms with E-state index in [0.29, 0.717) is 17.0 Å². The van der Waals surface area contributed by atoms with Crippen LogP contribution in [0.25, 0.3) is 22.0 Å². The normalized spacial score (nSPS) is 15.8. The van der Waals surface area contributed by atoms with Crippen LogP contribution in [0.1, 0.15) is 23.6 Å². The summed E-state index contributed by atoms with van der Waals surface area (Å²) < 4.78 is 1.03. The summed E-state index contributed by atoms with van der Waals surface area (Å²) in [6.45, 7) is 0. The van der Waals surface area contributed by atoms with Gasteiger partial charge in [-0.25, -0.2) is 0 Å². The van der Waals surface area contributed by atoms with Gasteiger partial charge in [0.2, 0.25) is 0 Å². The van der Waals surface area contributed by atoms with E-state index in [1.54, 1.807) is 6.07 Å². The lowest BCUT2D eigenvalue weighted by atomic mass is 9.91. The number of benzene rings is 3. The van der Waals surface area contributed by atoms with Crippen LogP contribution in [-0.4, -0.2) is 10.7 Å². The van der Waals surface area contributed by atoms with E-state index >= 15 is 0 Å². The van der Waals surface area contributed by atoms with Gasteiger partial charge in [0, 0.05) is 32.4 Å². The number of nitrogens with zero attached hydrogens (tertiary/aromatic N) is 1. The summed E-state index contributed by atoms with van der Waals surface area (Å²) >= 11 is 9.78. The van der Waals surface area contributed by atoms with Crippen molar-refractivity contribution in [3.8, 4) is 11.1 Å². The number of aromatic nitrogens is 1. The van der Waals surface area contributed by atoms with Gasteiger partial charge in [-0.2, -0.15) is 5.10 Å². The number of H-pyrrole nitrogens is 1. The minimum Gasteiger partial charge on any atom is -0.321 e. The monoisotopic (exact) mass is 477 g/mol. The van der Waals surface area contributed by atoms with Gasteiger partial charge < -0.3 is 10.4 Å². The highest BCUT2D eigenvalue weighted by Crippen LogP contribution is 2.34. The Hall–Kier alpha value is -2.89. The quantitative estimate of drug-likeness (QED) is 0.376. The van der Waals surface area contributed by atoms with Crippen LogP contribution in [0, 0.1) is 0 Å². The van der Waals surface area contributed by atoms with Crippen molar-refractivity contribution in [3.63, 3.8) is 0 Å². The van der Waals surface area contributed by atoms with Crippen LogP contribution in [0.15, 0.2) is 87.2 Å². The second kappa shape index (κ2) is 7.74. The van der Waals surface area contributed by atoms with Crippen molar-refractivity contribution in [2.75, 3.05) is 0 Å². The molecular weight excluding hydrogens is 462 g/mol. The Bertz CT molecular complexity index is 1330. The molecule has 1 atom stereocenters. The number of hydrogen-bond donors (Lipinski definition) is 2. The summed E-state index contributed by atoms with van der Waals surface area (Å²) in [5.74, 6) is 0. The number of aromatic amines is 1. The molecular formula is C24H17BrClN3O. The summed E-state index contributed by atoms with van der Waals surface area (Å²) in [5.41, 5.74) is 8.07. The number of rotatable bonds is 3. The predicted octanol–water partition coefficient (Wildman–Crippen LogP) is 6.05. The number of hydrogen-bond acceptors (Lipinski definition) is 3. The Balaban J connectivity index is 1.67. The van der Waals surface area contributed by atoms with Gasteiger partial charge in [0.25, 0.3) is 5.56 Å². The third kappa shape index (κ3) is 3.44. The van der Waals surface area contributed by atoms with E-state index in [1.165, 1.54) is 0 Å². The zero-order chi connectivity index (χ0) is 20.7. The van der Waals surface area contributed by atoms with Crippen LogP contribution in [0.4, 0.5) is 0 Å². The fourth-order valence-corrected chi connectivity index (χ4v) is 4.37. The van der Waals surface area contributed by atoms with Crippen molar-refractivity contribution in [2.45, 2.75) is 12.5 Å². The van der Waals surface area contributed by atoms with Crippen LogP contribution in [0.2, 0.25) is 5.02 Å². The predicted molar refractivity (Wildman–Crippen MR) is 126 cm³/mol. The lowest BCUT2D eigenvalue weighted by Crippen LogP contribution is -2.20. The molecule has 5 rings (SSSR count). The van der Waals surface area contributed by atoms with E-state index in [2.05, 4.69) is 43.6 Å². The summed E-state index contributed by atoms with van der Waals surface area (Å²) in [5, 5.41) is 6.09. The van der Waals surface area contributed by atoms with E-state index in [-0.39, 0.29) is 11.6 Å². The zero-order valence-electron chi connectivity index (χ0n) is 15.8. The average molecular weight is 479 g/mol. The summed E-state index contributed by atoms with van der Waals surface area (Å²) in [6, 6.07) is 23.6. The summed E-state index contributed by atoms with van der Waals surface area (Å²) in [7, 11) is 0. The Labute approximate surface area is 186 Å². The largest absolute Gasteiger partial charge is 0.321 e. The first-order valence-electron chi connectivity index (χ1n) is 9.59. The molecule has 0 aliphatic carbocycles. The highest BCUT2D eigenvalue weighted by atomic mass is 79.9. The number of nitrogens with one attached hydrogen (secondary N) is 2. The maximum absolute atomic E-state index is 13.2. The molecule has 4 aromatic rings. The molecule has 2 N–H and O–H groups in total. The summed E-state index contributed by atoms with van der Waals surface area (Å²) in [4.78, 5) is 16.2. The first-order valence-corrected chi connectivity index (χ1v) is 10.8. The van der Waals surface area contributed by atoms with Crippen LogP contribution in [0.5, 0.6) is 0 Å². The molecule has 0 saturated carbocycles. The van der Waals surface area contributed by atoms with Crippen molar-refractivity contribution >= 4 is 44.1 Å². The molecule has 0 saturated heterocycles. The molecule has 30 heavy (non-hydrogen) atoms. The maximum Gasteiger partial charge on any atom is 0.258 e. The third-order valence-electron chi connectivity index (χ3n) is 5.35. The molecule has 0 amide bonds. The molecule has 2 heterocycles.